The Morgan fingerprint density at radius 1 is 1.44 bits per heavy atom. The first kappa shape index (κ1) is 11.4. The molecule has 1 fully saturated rings. The molecule has 2 heterocycles. The van der Waals surface area contributed by atoms with E-state index in [0.29, 0.717) is 6.42 Å². The standard InChI is InChI=1S/C12H18N2O2/c1-8-5-4-6-12(13-8)14-10(3)11(15)7-9(2)16-14/h4-6,9-11,15H,7H2,1-3H3/t9-,10+,11+/m0/s1. The second kappa shape index (κ2) is 4.39. The fourth-order valence-electron chi connectivity index (χ4n) is 1.94. The third-order valence-corrected chi connectivity index (χ3v) is 2.89. The molecule has 0 spiro atoms. The second-order valence-corrected chi connectivity index (χ2v) is 4.42. The van der Waals surface area contributed by atoms with E-state index < -0.39 is 0 Å². The molecule has 3 atom stereocenters. The monoisotopic (exact) mass is 222 g/mol. The molecule has 1 saturated heterocycles. The van der Waals surface area contributed by atoms with Gasteiger partial charge in [0.1, 0.15) is 0 Å². The van der Waals surface area contributed by atoms with Crippen LogP contribution in [0.5, 0.6) is 0 Å². The Morgan fingerprint density at radius 3 is 2.88 bits per heavy atom. The lowest BCUT2D eigenvalue weighted by Gasteiger charge is -2.39. The maximum atomic E-state index is 9.90. The van der Waals surface area contributed by atoms with Gasteiger partial charge in [-0.1, -0.05) is 6.07 Å². The van der Waals surface area contributed by atoms with Crippen molar-refractivity contribution in [2.75, 3.05) is 5.06 Å². The highest BCUT2D eigenvalue weighted by molar-refractivity contribution is 5.38. The average Bonchev–Trinajstić information content (AvgIpc) is 2.23. The van der Waals surface area contributed by atoms with Crippen molar-refractivity contribution < 1.29 is 9.94 Å². The summed E-state index contributed by atoms with van der Waals surface area (Å²) >= 11 is 0. The van der Waals surface area contributed by atoms with E-state index in [0.717, 1.165) is 11.5 Å². The number of aliphatic hydroxyl groups excluding tert-OH is 1. The van der Waals surface area contributed by atoms with E-state index in [2.05, 4.69) is 4.98 Å². The molecular formula is C12H18N2O2. The highest BCUT2D eigenvalue weighted by atomic mass is 16.7. The summed E-state index contributed by atoms with van der Waals surface area (Å²) in [6.45, 7) is 5.84. The number of pyridine rings is 1. The molecule has 1 aliphatic rings. The van der Waals surface area contributed by atoms with Crippen LogP contribution in [0.15, 0.2) is 18.2 Å². The molecule has 0 unspecified atom stereocenters. The van der Waals surface area contributed by atoms with E-state index in [1.165, 1.54) is 0 Å². The van der Waals surface area contributed by atoms with Crippen LogP contribution in [0, 0.1) is 6.92 Å². The van der Waals surface area contributed by atoms with Gasteiger partial charge in [0.25, 0.3) is 0 Å². The van der Waals surface area contributed by atoms with Crippen molar-refractivity contribution in [2.45, 2.75) is 45.4 Å². The first-order chi connectivity index (χ1) is 7.58. The van der Waals surface area contributed by atoms with Crippen molar-refractivity contribution in [2.24, 2.45) is 0 Å². The van der Waals surface area contributed by atoms with E-state index >= 15 is 0 Å². The Morgan fingerprint density at radius 2 is 2.19 bits per heavy atom. The maximum Gasteiger partial charge on any atom is 0.153 e. The van der Waals surface area contributed by atoms with Crippen LogP contribution in [-0.4, -0.2) is 28.3 Å². The zero-order valence-electron chi connectivity index (χ0n) is 9.92. The van der Waals surface area contributed by atoms with Crippen molar-refractivity contribution in [1.29, 1.82) is 0 Å². The molecule has 0 radical (unpaired) electrons. The molecule has 16 heavy (non-hydrogen) atoms. The van der Waals surface area contributed by atoms with Gasteiger partial charge in [-0.15, -0.1) is 0 Å². The number of hydroxylamine groups is 1. The molecule has 0 amide bonds. The van der Waals surface area contributed by atoms with Gasteiger partial charge in [-0.05, 0) is 32.9 Å². The summed E-state index contributed by atoms with van der Waals surface area (Å²) < 4.78 is 0. The van der Waals surface area contributed by atoms with Gasteiger partial charge in [0.05, 0.1) is 18.2 Å². The summed E-state index contributed by atoms with van der Waals surface area (Å²) in [5, 5.41) is 11.6. The van der Waals surface area contributed by atoms with Gasteiger partial charge >= 0.3 is 0 Å². The van der Waals surface area contributed by atoms with Crippen LogP contribution in [-0.2, 0) is 4.84 Å². The molecule has 1 N–H and O–H groups in total. The van der Waals surface area contributed by atoms with Crippen LogP contribution in [0.3, 0.4) is 0 Å². The van der Waals surface area contributed by atoms with Gasteiger partial charge in [0.2, 0.25) is 0 Å². The van der Waals surface area contributed by atoms with Gasteiger partial charge in [0, 0.05) is 12.1 Å². The highest BCUT2D eigenvalue weighted by Crippen LogP contribution is 2.25. The molecule has 1 aromatic heterocycles. The van der Waals surface area contributed by atoms with Gasteiger partial charge in [0.15, 0.2) is 5.82 Å². The first-order valence-corrected chi connectivity index (χ1v) is 5.65. The average molecular weight is 222 g/mol. The van der Waals surface area contributed by atoms with Gasteiger partial charge in [-0.3, -0.25) is 4.84 Å². The molecule has 88 valence electrons. The predicted molar refractivity (Wildman–Crippen MR) is 62.1 cm³/mol. The molecule has 0 saturated carbocycles. The summed E-state index contributed by atoms with van der Waals surface area (Å²) in [5.41, 5.74) is 0.945. The Hall–Kier alpha value is -1.13. The number of aromatic nitrogens is 1. The molecule has 1 aromatic rings. The smallest absolute Gasteiger partial charge is 0.153 e. The number of rotatable bonds is 1. The number of nitrogens with zero attached hydrogens (tertiary/aromatic N) is 2. The lowest BCUT2D eigenvalue weighted by Crippen LogP contribution is -2.50. The van der Waals surface area contributed by atoms with Crippen molar-refractivity contribution in [1.82, 2.24) is 4.98 Å². The molecule has 0 aliphatic carbocycles. The van der Waals surface area contributed by atoms with E-state index in [9.17, 15) is 5.11 Å². The van der Waals surface area contributed by atoms with Crippen molar-refractivity contribution >= 4 is 5.82 Å². The molecular weight excluding hydrogens is 204 g/mol. The third kappa shape index (κ3) is 2.18. The first-order valence-electron chi connectivity index (χ1n) is 5.65. The Balaban J connectivity index is 2.25. The van der Waals surface area contributed by atoms with Crippen LogP contribution < -0.4 is 5.06 Å². The third-order valence-electron chi connectivity index (χ3n) is 2.89. The van der Waals surface area contributed by atoms with Crippen LogP contribution in [0.25, 0.3) is 0 Å². The lowest BCUT2D eigenvalue weighted by molar-refractivity contribution is -0.0666. The molecule has 4 heteroatoms. The molecule has 4 nitrogen and oxygen atoms in total. The Bertz CT molecular complexity index is 370. The largest absolute Gasteiger partial charge is 0.391 e. The minimum Gasteiger partial charge on any atom is -0.391 e. The Labute approximate surface area is 95.8 Å². The SMILES string of the molecule is Cc1cccc(N2O[C@@H](C)C[C@@H](O)[C@H]2C)n1. The number of anilines is 1. The maximum absolute atomic E-state index is 9.90. The predicted octanol–water partition coefficient (Wildman–Crippen LogP) is 1.67. The van der Waals surface area contributed by atoms with Gasteiger partial charge in [-0.2, -0.15) is 0 Å². The topological polar surface area (TPSA) is 45.6 Å². The van der Waals surface area contributed by atoms with Crippen molar-refractivity contribution in [3.8, 4) is 0 Å². The number of aliphatic hydroxyl groups is 1. The van der Waals surface area contributed by atoms with Gasteiger partial charge < -0.3 is 5.11 Å². The molecule has 0 aromatic carbocycles. The van der Waals surface area contributed by atoms with Crippen molar-refractivity contribution in [3.05, 3.63) is 23.9 Å². The number of hydrogen-bond acceptors (Lipinski definition) is 4. The fraction of sp³-hybridized carbons (Fsp3) is 0.583. The summed E-state index contributed by atoms with van der Waals surface area (Å²) in [7, 11) is 0. The minimum absolute atomic E-state index is 0.0218. The number of hydrogen-bond donors (Lipinski definition) is 1. The summed E-state index contributed by atoms with van der Waals surface area (Å²) in [6.07, 6.45) is 0.323. The fourth-order valence-corrected chi connectivity index (χ4v) is 1.94. The summed E-state index contributed by atoms with van der Waals surface area (Å²) in [5.74, 6) is 0.762. The molecule has 2 rings (SSSR count). The van der Waals surface area contributed by atoms with Crippen LogP contribution in [0.1, 0.15) is 26.0 Å². The van der Waals surface area contributed by atoms with Crippen molar-refractivity contribution in [3.63, 3.8) is 0 Å². The lowest BCUT2D eigenvalue weighted by atomic mass is 10.0. The van der Waals surface area contributed by atoms with Crippen LogP contribution in [0.2, 0.25) is 0 Å². The van der Waals surface area contributed by atoms with E-state index in [1.807, 2.05) is 39.0 Å². The summed E-state index contributed by atoms with van der Waals surface area (Å²) in [6, 6.07) is 5.72. The zero-order valence-corrected chi connectivity index (χ0v) is 9.92. The quantitative estimate of drug-likeness (QED) is 0.785. The summed E-state index contributed by atoms with van der Waals surface area (Å²) in [4.78, 5) is 10.1. The molecule has 1 aliphatic heterocycles. The number of aryl methyl sites for hydroxylation is 1. The zero-order chi connectivity index (χ0) is 11.7. The van der Waals surface area contributed by atoms with E-state index in [-0.39, 0.29) is 18.2 Å². The Kier molecular flexibility index (Phi) is 3.12. The van der Waals surface area contributed by atoms with Crippen LogP contribution >= 0.6 is 0 Å². The second-order valence-electron chi connectivity index (χ2n) is 4.42. The van der Waals surface area contributed by atoms with Crippen LogP contribution in [0.4, 0.5) is 5.82 Å². The van der Waals surface area contributed by atoms with E-state index in [4.69, 9.17) is 4.84 Å². The minimum atomic E-state index is -0.369. The highest BCUT2D eigenvalue weighted by Gasteiger charge is 2.32. The van der Waals surface area contributed by atoms with Gasteiger partial charge in [-0.25, -0.2) is 10.0 Å². The van der Waals surface area contributed by atoms with E-state index in [1.54, 1.807) is 5.06 Å². The molecule has 0 bridgehead atoms. The normalized spacial score (nSPS) is 30.5.